The zero-order chi connectivity index (χ0) is 24.9. The number of pyridine rings is 1. The normalized spacial score (nSPS) is 20.8. The Bertz CT molecular complexity index is 1590. The number of benzene rings is 1. The number of hydrogen-bond donors (Lipinski definition) is 0. The summed E-state index contributed by atoms with van der Waals surface area (Å²) in [5.74, 6) is 0.103. The lowest BCUT2D eigenvalue weighted by molar-refractivity contribution is -0.123. The number of carbonyl (C=O) groups excluding carboxylic acids is 1. The number of para-hydroxylation sites is 1. The molecule has 3 aromatic rings. The summed E-state index contributed by atoms with van der Waals surface area (Å²) in [5.41, 5.74) is 1.81. The largest absolute Gasteiger partial charge is 0.438 e. The summed E-state index contributed by atoms with van der Waals surface area (Å²) in [7, 11) is -3.20. The number of sulfone groups is 1. The first-order valence-electron chi connectivity index (χ1n) is 10.9. The van der Waals surface area contributed by atoms with E-state index in [1.807, 2.05) is 38.1 Å². The lowest BCUT2D eigenvalue weighted by Gasteiger charge is -2.20. The van der Waals surface area contributed by atoms with E-state index in [2.05, 4.69) is 4.98 Å². The van der Waals surface area contributed by atoms with E-state index < -0.39 is 27.3 Å². The van der Waals surface area contributed by atoms with Crippen molar-refractivity contribution in [2.75, 3.05) is 11.5 Å². The van der Waals surface area contributed by atoms with E-state index in [0.29, 0.717) is 17.8 Å². The second-order valence-electron chi connectivity index (χ2n) is 8.50. The summed E-state index contributed by atoms with van der Waals surface area (Å²) < 4.78 is 31.7. The number of rotatable bonds is 4. The smallest absolute Gasteiger partial charge is 0.269 e. The van der Waals surface area contributed by atoms with Crippen LogP contribution in [0.1, 0.15) is 23.1 Å². The third-order valence-electron chi connectivity index (χ3n) is 6.02. The van der Waals surface area contributed by atoms with E-state index in [4.69, 9.17) is 17.0 Å². The molecule has 0 bridgehead atoms. The number of thiocarbonyl (C=S) groups is 1. The topological polar surface area (TPSA) is 98.1 Å². The second-order valence-corrected chi connectivity index (χ2v) is 12.4. The van der Waals surface area contributed by atoms with Gasteiger partial charge in [0.05, 0.1) is 22.5 Å². The summed E-state index contributed by atoms with van der Waals surface area (Å²) in [6.07, 6.45) is 3.39. The molecule has 35 heavy (non-hydrogen) atoms. The van der Waals surface area contributed by atoms with Gasteiger partial charge in [0.2, 0.25) is 5.88 Å². The van der Waals surface area contributed by atoms with Gasteiger partial charge in [-0.2, -0.15) is 4.98 Å². The van der Waals surface area contributed by atoms with Crippen LogP contribution in [-0.4, -0.2) is 50.5 Å². The maximum absolute atomic E-state index is 13.5. The molecule has 1 unspecified atom stereocenters. The molecule has 0 N–H and O–H groups in total. The molecule has 0 spiro atoms. The fourth-order valence-corrected chi connectivity index (χ4v) is 7.26. The minimum atomic E-state index is -3.20. The van der Waals surface area contributed by atoms with Crippen LogP contribution in [0.25, 0.3) is 11.7 Å². The van der Waals surface area contributed by atoms with E-state index in [9.17, 15) is 18.0 Å². The minimum Gasteiger partial charge on any atom is -0.438 e. The predicted octanol–water partition coefficient (Wildman–Crippen LogP) is 3.49. The fraction of sp³-hybridized carbons (Fsp3) is 0.250. The summed E-state index contributed by atoms with van der Waals surface area (Å²) in [6.45, 7) is 3.73. The summed E-state index contributed by atoms with van der Waals surface area (Å²) in [5, 5.41) is 0. The Morgan fingerprint density at radius 3 is 2.60 bits per heavy atom. The van der Waals surface area contributed by atoms with Gasteiger partial charge in [0.15, 0.2) is 9.84 Å². The van der Waals surface area contributed by atoms with E-state index >= 15 is 0 Å². The summed E-state index contributed by atoms with van der Waals surface area (Å²) in [6, 6.07) is 10.5. The average molecular weight is 528 g/mol. The van der Waals surface area contributed by atoms with Crippen LogP contribution in [-0.2, 0) is 14.6 Å². The van der Waals surface area contributed by atoms with Gasteiger partial charge in [0, 0.05) is 6.20 Å². The van der Waals surface area contributed by atoms with Crippen LogP contribution in [0.2, 0.25) is 0 Å². The molecule has 11 heteroatoms. The van der Waals surface area contributed by atoms with Crippen molar-refractivity contribution in [2.24, 2.45) is 0 Å². The standard InChI is InChI=1S/C24H21N3O5S3/c1-14-6-3-4-8-18(14)32-21-17(22(28)26-10-5-7-15(2)20(26)25-21)12-19-23(29)27(24(33)34-19)16-9-11-35(30,31)13-16/h3-8,10,12,16H,9,11,13H2,1-2H3/b19-12+. The number of aromatic nitrogens is 2. The Hall–Kier alpha value is -3.02. The Labute approximate surface area is 211 Å². The zero-order valence-corrected chi connectivity index (χ0v) is 21.4. The highest BCUT2D eigenvalue weighted by atomic mass is 32.2. The van der Waals surface area contributed by atoms with Crippen molar-refractivity contribution in [3.05, 3.63) is 74.5 Å². The van der Waals surface area contributed by atoms with Gasteiger partial charge in [-0.15, -0.1) is 0 Å². The number of nitrogens with zero attached hydrogens (tertiary/aromatic N) is 3. The molecule has 4 heterocycles. The van der Waals surface area contributed by atoms with Crippen molar-refractivity contribution in [1.29, 1.82) is 0 Å². The number of amides is 1. The van der Waals surface area contributed by atoms with E-state index in [1.165, 1.54) is 15.4 Å². The maximum Gasteiger partial charge on any atom is 0.269 e. The van der Waals surface area contributed by atoms with Gasteiger partial charge in [-0.25, -0.2) is 8.42 Å². The molecular weight excluding hydrogens is 506 g/mol. The molecule has 8 nitrogen and oxygen atoms in total. The van der Waals surface area contributed by atoms with Crippen molar-refractivity contribution < 1.29 is 17.9 Å². The van der Waals surface area contributed by atoms with Gasteiger partial charge >= 0.3 is 0 Å². The predicted molar refractivity (Wildman–Crippen MR) is 140 cm³/mol. The molecule has 2 aromatic heterocycles. The van der Waals surface area contributed by atoms with Crippen LogP contribution in [0, 0.1) is 13.8 Å². The number of ether oxygens (including phenoxy) is 1. The first-order chi connectivity index (χ1) is 16.6. The molecule has 2 saturated heterocycles. The second kappa shape index (κ2) is 8.89. The number of carbonyl (C=O) groups is 1. The van der Waals surface area contributed by atoms with Gasteiger partial charge in [-0.05, 0) is 49.6 Å². The molecule has 5 rings (SSSR count). The zero-order valence-electron chi connectivity index (χ0n) is 18.9. The average Bonchev–Trinajstić information content (AvgIpc) is 3.30. The van der Waals surface area contributed by atoms with Crippen molar-refractivity contribution in [1.82, 2.24) is 14.3 Å². The molecule has 2 fully saturated rings. The molecule has 0 radical (unpaired) electrons. The van der Waals surface area contributed by atoms with Crippen molar-refractivity contribution in [3.8, 4) is 11.6 Å². The SMILES string of the molecule is Cc1ccccc1Oc1nc2c(C)cccn2c(=O)c1/C=C1/SC(=S)N(C2CCS(=O)(=O)C2)C1=O. The Morgan fingerprint density at radius 2 is 1.89 bits per heavy atom. The monoisotopic (exact) mass is 527 g/mol. The molecule has 2 aliphatic rings. The molecule has 1 atom stereocenters. The molecule has 2 aliphatic heterocycles. The summed E-state index contributed by atoms with van der Waals surface area (Å²) in [4.78, 5) is 33.0. The molecule has 0 saturated carbocycles. The number of hydrogen-bond acceptors (Lipinski definition) is 8. The van der Waals surface area contributed by atoms with Crippen molar-refractivity contribution in [3.63, 3.8) is 0 Å². The number of fused-ring (bicyclic) bond motifs is 1. The highest BCUT2D eigenvalue weighted by Crippen LogP contribution is 2.37. The van der Waals surface area contributed by atoms with Crippen LogP contribution in [0.5, 0.6) is 11.6 Å². The number of thioether (sulfide) groups is 1. The Balaban J connectivity index is 1.62. The van der Waals surface area contributed by atoms with Crippen LogP contribution in [0.15, 0.2) is 52.3 Å². The first-order valence-corrected chi connectivity index (χ1v) is 13.9. The highest BCUT2D eigenvalue weighted by molar-refractivity contribution is 8.26. The van der Waals surface area contributed by atoms with Gasteiger partial charge < -0.3 is 4.74 Å². The first kappa shape index (κ1) is 23.7. The molecule has 1 aromatic carbocycles. The molecule has 1 amide bonds. The third-order valence-corrected chi connectivity index (χ3v) is 9.10. The lowest BCUT2D eigenvalue weighted by Crippen LogP contribution is -2.39. The molecule has 180 valence electrons. The van der Waals surface area contributed by atoms with E-state index in [-0.39, 0.29) is 32.2 Å². The third kappa shape index (κ3) is 4.39. The van der Waals surface area contributed by atoms with Gasteiger partial charge in [-0.3, -0.25) is 18.9 Å². The highest BCUT2D eigenvalue weighted by Gasteiger charge is 2.42. The van der Waals surface area contributed by atoms with Crippen LogP contribution < -0.4 is 10.3 Å². The molecular formula is C24H21N3O5S3. The van der Waals surface area contributed by atoms with Crippen molar-refractivity contribution >= 4 is 55.8 Å². The van der Waals surface area contributed by atoms with E-state index in [0.717, 1.165) is 22.9 Å². The Kier molecular flexibility index (Phi) is 6.02. The van der Waals surface area contributed by atoms with Crippen LogP contribution >= 0.6 is 24.0 Å². The Morgan fingerprint density at radius 1 is 1.14 bits per heavy atom. The maximum atomic E-state index is 13.5. The minimum absolute atomic E-state index is 0.0253. The summed E-state index contributed by atoms with van der Waals surface area (Å²) >= 11 is 6.45. The van der Waals surface area contributed by atoms with Crippen LogP contribution in [0.4, 0.5) is 0 Å². The lowest BCUT2D eigenvalue weighted by atomic mass is 10.2. The molecule has 0 aliphatic carbocycles. The quantitative estimate of drug-likeness (QED) is 0.376. The number of aryl methyl sites for hydroxylation is 2. The van der Waals surface area contributed by atoms with Gasteiger partial charge in [0.25, 0.3) is 11.5 Å². The van der Waals surface area contributed by atoms with Gasteiger partial charge in [0.1, 0.15) is 21.3 Å². The van der Waals surface area contributed by atoms with Crippen molar-refractivity contribution in [2.45, 2.75) is 26.3 Å². The van der Waals surface area contributed by atoms with Crippen LogP contribution in [0.3, 0.4) is 0 Å². The van der Waals surface area contributed by atoms with E-state index in [1.54, 1.807) is 18.3 Å². The fourth-order valence-electron chi connectivity index (χ4n) is 4.17. The van der Waals surface area contributed by atoms with Gasteiger partial charge in [-0.1, -0.05) is 48.2 Å².